The molecule has 0 atom stereocenters. The van der Waals surface area contributed by atoms with Gasteiger partial charge in [0.2, 0.25) is 0 Å². The van der Waals surface area contributed by atoms with E-state index in [9.17, 15) is 4.79 Å². The van der Waals surface area contributed by atoms with Crippen molar-refractivity contribution in [2.45, 2.75) is 6.92 Å². The van der Waals surface area contributed by atoms with Gasteiger partial charge in [0.1, 0.15) is 11.3 Å². The maximum Gasteiger partial charge on any atom is 0.191 e. The third kappa shape index (κ3) is 2.58. The highest BCUT2D eigenvalue weighted by Crippen LogP contribution is 2.32. The van der Waals surface area contributed by atoms with E-state index in [1.165, 1.54) is 6.07 Å². The van der Waals surface area contributed by atoms with Crippen LogP contribution in [0.15, 0.2) is 65.8 Å². The van der Waals surface area contributed by atoms with Crippen molar-refractivity contribution in [3.63, 3.8) is 0 Å². The molecule has 0 saturated heterocycles. The summed E-state index contributed by atoms with van der Waals surface area (Å²) < 4.78 is 0. The van der Waals surface area contributed by atoms with E-state index in [1.54, 1.807) is 18.6 Å². The lowest BCUT2D eigenvalue weighted by Crippen LogP contribution is -2.04. The number of nitrogens with zero attached hydrogens (tertiary/aromatic N) is 3. The van der Waals surface area contributed by atoms with Crippen LogP contribution < -0.4 is 5.43 Å². The van der Waals surface area contributed by atoms with Crippen LogP contribution in [-0.4, -0.2) is 24.9 Å². The monoisotopic (exact) mass is 353 g/mol. The summed E-state index contributed by atoms with van der Waals surface area (Å²) in [7, 11) is 0. The van der Waals surface area contributed by atoms with Crippen LogP contribution in [0.1, 0.15) is 5.69 Å². The van der Waals surface area contributed by atoms with Crippen LogP contribution in [0.5, 0.6) is 0 Å². The molecule has 6 heteroatoms. The summed E-state index contributed by atoms with van der Waals surface area (Å²) >= 11 is 0. The molecule has 0 radical (unpaired) electrons. The number of rotatable bonds is 2. The van der Waals surface area contributed by atoms with Gasteiger partial charge < -0.3 is 9.97 Å². The Bertz CT molecular complexity index is 1370. The largest absolute Gasteiger partial charge is 0.346 e. The van der Waals surface area contributed by atoms with Crippen molar-refractivity contribution in [2.75, 3.05) is 0 Å². The Balaban J connectivity index is 1.85. The van der Waals surface area contributed by atoms with Crippen LogP contribution >= 0.6 is 0 Å². The van der Waals surface area contributed by atoms with E-state index in [0.29, 0.717) is 22.6 Å². The van der Waals surface area contributed by atoms with Gasteiger partial charge in [-0.25, -0.2) is 9.97 Å². The summed E-state index contributed by atoms with van der Waals surface area (Å²) in [6, 6.07) is 13.3. The maximum atomic E-state index is 12.3. The van der Waals surface area contributed by atoms with Crippen molar-refractivity contribution in [3.05, 3.63) is 77.0 Å². The van der Waals surface area contributed by atoms with Gasteiger partial charge in [0, 0.05) is 41.3 Å². The fraction of sp³-hybridized carbons (Fsp3) is 0.0476. The second kappa shape index (κ2) is 5.88. The summed E-state index contributed by atoms with van der Waals surface area (Å²) in [6.07, 6.45) is 5.15. The van der Waals surface area contributed by atoms with Gasteiger partial charge in [0.25, 0.3) is 0 Å². The first-order valence-corrected chi connectivity index (χ1v) is 8.59. The zero-order chi connectivity index (χ0) is 18.4. The van der Waals surface area contributed by atoms with Gasteiger partial charge >= 0.3 is 0 Å². The molecule has 0 unspecified atom stereocenters. The van der Waals surface area contributed by atoms with Crippen molar-refractivity contribution in [2.24, 2.45) is 0 Å². The Hall–Kier alpha value is -3.80. The lowest BCUT2D eigenvalue weighted by molar-refractivity contribution is 1.20. The number of aromatic amines is 2. The molecule has 5 rings (SSSR count). The summed E-state index contributed by atoms with van der Waals surface area (Å²) in [4.78, 5) is 32.2. The smallest absolute Gasteiger partial charge is 0.191 e. The molecule has 2 N–H and O–H groups in total. The van der Waals surface area contributed by atoms with Crippen LogP contribution in [0, 0.1) is 6.92 Å². The van der Waals surface area contributed by atoms with E-state index in [0.717, 1.165) is 27.7 Å². The number of hydrogen-bond acceptors (Lipinski definition) is 4. The molecule has 0 amide bonds. The average molecular weight is 353 g/mol. The minimum absolute atomic E-state index is 0.0675. The lowest BCUT2D eigenvalue weighted by Gasteiger charge is -2.10. The molecule has 4 aromatic heterocycles. The first-order valence-electron chi connectivity index (χ1n) is 8.59. The summed E-state index contributed by atoms with van der Waals surface area (Å²) in [6.45, 7) is 1.95. The van der Waals surface area contributed by atoms with Gasteiger partial charge in [-0.15, -0.1) is 0 Å². The van der Waals surface area contributed by atoms with Crippen molar-refractivity contribution >= 4 is 21.9 Å². The van der Waals surface area contributed by atoms with Gasteiger partial charge in [0.05, 0.1) is 10.9 Å². The van der Waals surface area contributed by atoms with E-state index >= 15 is 0 Å². The quantitative estimate of drug-likeness (QED) is 0.505. The van der Waals surface area contributed by atoms with Crippen LogP contribution in [0.3, 0.4) is 0 Å². The Labute approximate surface area is 154 Å². The number of imidazole rings is 1. The average Bonchev–Trinajstić information content (AvgIpc) is 3.13. The third-order valence-corrected chi connectivity index (χ3v) is 4.58. The van der Waals surface area contributed by atoms with Crippen molar-refractivity contribution in [1.29, 1.82) is 0 Å². The molecule has 5 aromatic rings. The second-order valence-corrected chi connectivity index (χ2v) is 6.45. The first-order chi connectivity index (χ1) is 13.2. The molecular weight excluding hydrogens is 338 g/mol. The summed E-state index contributed by atoms with van der Waals surface area (Å²) in [5.74, 6) is 0.667. The molecule has 27 heavy (non-hydrogen) atoms. The number of aromatic nitrogens is 5. The first kappa shape index (κ1) is 15.5. The molecule has 0 spiro atoms. The lowest BCUT2D eigenvalue weighted by atomic mass is 10.00. The number of fused-ring (bicyclic) bond motifs is 2. The second-order valence-electron chi connectivity index (χ2n) is 6.45. The van der Waals surface area contributed by atoms with Gasteiger partial charge in [-0.2, -0.15) is 0 Å². The Morgan fingerprint density at radius 3 is 2.81 bits per heavy atom. The maximum absolute atomic E-state index is 12.3. The van der Waals surface area contributed by atoms with Crippen LogP contribution in [0.4, 0.5) is 0 Å². The van der Waals surface area contributed by atoms with Crippen molar-refractivity contribution in [1.82, 2.24) is 24.9 Å². The van der Waals surface area contributed by atoms with E-state index in [4.69, 9.17) is 4.98 Å². The van der Waals surface area contributed by atoms with Crippen LogP contribution in [0.25, 0.3) is 44.6 Å². The SMILES string of the molecule is Cc1cnc(-c2nc3[nH]ccc(=O)c3cc2-c2ccc3ncccc3c2)[nH]1. The Morgan fingerprint density at radius 2 is 1.96 bits per heavy atom. The summed E-state index contributed by atoms with van der Waals surface area (Å²) in [5, 5.41) is 1.57. The predicted octanol–water partition coefficient (Wildman–Crippen LogP) is 3.84. The zero-order valence-electron chi connectivity index (χ0n) is 14.5. The highest BCUT2D eigenvalue weighted by atomic mass is 16.1. The molecule has 0 aliphatic heterocycles. The molecular formula is C21H15N5O. The normalized spacial score (nSPS) is 11.3. The van der Waals surface area contributed by atoms with Gasteiger partial charge in [-0.3, -0.25) is 9.78 Å². The molecule has 130 valence electrons. The molecule has 1 aromatic carbocycles. The number of nitrogens with one attached hydrogen (secondary N) is 2. The van der Waals surface area contributed by atoms with Crippen LogP contribution in [0.2, 0.25) is 0 Å². The minimum atomic E-state index is -0.0675. The fourth-order valence-corrected chi connectivity index (χ4v) is 3.27. The fourth-order valence-electron chi connectivity index (χ4n) is 3.27. The molecule has 0 fully saturated rings. The predicted molar refractivity (Wildman–Crippen MR) is 105 cm³/mol. The van der Waals surface area contributed by atoms with Gasteiger partial charge in [0.15, 0.2) is 11.3 Å². The van der Waals surface area contributed by atoms with E-state index in [1.807, 2.05) is 37.3 Å². The van der Waals surface area contributed by atoms with E-state index in [-0.39, 0.29) is 5.43 Å². The third-order valence-electron chi connectivity index (χ3n) is 4.58. The zero-order valence-corrected chi connectivity index (χ0v) is 14.5. The standard InChI is InChI=1S/C21H15N5O/c1-12-11-24-21(25-12)19-15(10-16-18(27)6-8-23-20(16)26-19)13-4-5-17-14(9-13)3-2-7-22-17/h2-11H,1H3,(H,24,25)(H,23,26,27). The molecule has 0 aliphatic rings. The molecule has 4 heterocycles. The number of pyridine rings is 3. The molecule has 0 bridgehead atoms. The number of benzene rings is 1. The number of hydrogen-bond donors (Lipinski definition) is 2. The van der Waals surface area contributed by atoms with Gasteiger partial charge in [-0.05, 0) is 36.8 Å². The highest BCUT2D eigenvalue weighted by Gasteiger charge is 2.15. The minimum Gasteiger partial charge on any atom is -0.346 e. The Kier molecular flexibility index (Phi) is 3.36. The van der Waals surface area contributed by atoms with Gasteiger partial charge in [-0.1, -0.05) is 12.1 Å². The highest BCUT2D eigenvalue weighted by molar-refractivity contribution is 5.92. The molecule has 0 saturated carbocycles. The van der Waals surface area contributed by atoms with Crippen LogP contribution in [-0.2, 0) is 0 Å². The van der Waals surface area contributed by atoms with Crippen molar-refractivity contribution < 1.29 is 0 Å². The molecule has 0 aliphatic carbocycles. The Morgan fingerprint density at radius 1 is 1.04 bits per heavy atom. The van der Waals surface area contributed by atoms with E-state index < -0.39 is 0 Å². The van der Waals surface area contributed by atoms with Crippen molar-refractivity contribution in [3.8, 4) is 22.6 Å². The topological polar surface area (TPSA) is 87.3 Å². The number of aryl methyl sites for hydroxylation is 1. The molecule has 6 nitrogen and oxygen atoms in total. The number of H-pyrrole nitrogens is 2. The summed E-state index contributed by atoms with van der Waals surface area (Å²) in [5.41, 5.74) is 4.84. The van der Waals surface area contributed by atoms with E-state index in [2.05, 4.69) is 26.0 Å².